The number of piperazine rings is 1. The van der Waals surface area contributed by atoms with E-state index in [1.54, 1.807) is 0 Å². The molecule has 2 atom stereocenters. The maximum atomic E-state index is 6.34. The van der Waals surface area contributed by atoms with Crippen molar-refractivity contribution in [3.63, 3.8) is 0 Å². The Hall–Kier alpha value is -1.20. The highest BCUT2D eigenvalue weighted by atomic mass is 35.5. The molecule has 27 heavy (non-hydrogen) atoms. The molecule has 2 bridgehead atoms. The Balaban J connectivity index is 1.34. The molecule has 3 heterocycles. The van der Waals surface area contributed by atoms with Crippen LogP contribution < -0.4 is 4.90 Å². The van der Waals surface area contributed by atoms with Gasteiger partial charge in [-0.1, -0.05) is 35.5 Å². The summed E-state index contributed by atoms with van der Waals surface area (Å²) in [6.07, 6.45) is 3.93. The summed E-state index contributed by atoms with van der Waals surface area (Å²) in [6, 6.07) is 16.6. The molecule has 142 valence electrons. The highest BCUT2D eigenvalue weighted by Crippen LogP contribution is 2.48. The number of hydrogen-bond acceptors (Lipinski definition) is 4. The normalized spacial score (nSPS) is 24.7. The molecule has 5 rings (SSSR count). The molecule has 2 aromatic rings. The molecular formula is C22H26ClN3S. The molecule has 2 saturated heterocycles. The van der Waals surface area contributed by atoms with Gasteiger partial charge in [-0.3, -0.25) is 4.90 Å². The second-order valence-electron chi connectivity index (χ2n) is 8.03. The van der Waals surface area contributed by atoms with Crippen LogP contribution in [0.3, 0.4) is 0 Å². The summed E-state index contributed by atoms with van der Waals surface area (Å²) in [4.78, 5) is 10.4. The average Bonchev–Trinajstić information content (AvgIpc) is 2.91. The molecule has 2 unspecified atom stereocenters. The van der Waals surface area contributed by atoms with Crippen LogP contribution in [0.2, 0.25) is 5.02 Å². The van der Waals surface area contributed by atoms with Gasteiger partial charge in [-0.05, 0) is 56.6 Å². The summed E-state index contributed by atoms with van der Waals surface area (Å²) in [7, 11) is 2.27. The van der Waals surface area contributed by atoms with E-state index in [1.807, 2.05) is 17.8 Å². The monoisotopic (exact) mass is 399 g/mol. The number of anilines is 2. The number of para-hydroxylation sites is 1. The molecule has 5 heteroatoms. The van der Waals surface area contributed by atoms with Gasteiger partial charge in [0.2, 0.25) is 0 Å². The van der Waals surface area contributed by atoms with Gasteiger partial charge < -0.3 is 9.80 Å². The van der Waals surface area contributed by atoms with Crippen LogP contribution >= 0.6 is 23.4 Å². The van der Waals surface area contributed by atoms with Crippen molar-refractivity contribution in [2.45, 2.75) is 41.1 Å². The zero-order valence-corrected chi connectivity index (χ0v) is 17.3. The Morgan fingerprint density at radius 2 is 1.70 bits per heavy atom. The fraction of sp³-hybridized carbons (Fsp3) is 0.455. The van der Waals surface area contributed by atoms with Gasteiger partial charge in [-0.2, -0.15) is 0 Å². The number of halogens is 1. The van der Waals surface area contributed by atoms with E-state index < -0.39 is 0 Å². The minimum atomic E-state index is 0.764. The van der Waals surface area contributed by atoms with Crippen molar-refractivity contribution < 1.29 is 0 Å². The number of rotatable bonds is 4. The fourth-order valence-electron chi connectivity index (χ4n) is 5.02. The van der Waals surface area contributed by atoms with Gasteiger partial charge >= 0.3 is 0 Å². The molecule has 0 amide bonds. The van der Waals surface area contributed by atoms with E-state index in [2.05, 4.69) is 58.1 Å². The van der Waals surface area contributed by atoms with E-state index in [1.165, 1.54) is 60.1 Å². The number of likely N-dealkylation sites (tertiary alicyclic amines) is 1. The molecule has 2 aromatic carbocycles. The lowest BCUT2D eigenvalue weighted by molar-refractivity contribution is 0.0821. The summed E-state index contributed by atoms with van der Waals surface area (Å²) in [6.45, 7) is 4.71. The average molecular weight is 400 g/mol. The molecule has 0 aliphatic carbocycles. The number of benzene rings is 2. The number of likely N-dealkylation sites (N-methyl/N-ethyl adjacent to an activating group) is 1. The predicted octanol–water partition coefficient (Wildman–Crippen LogP) is 5.11. The third kappa shape index (κ3) is 3.38. The second-order valence-corrected chi connectivity index (χ2v) is 9.55. The van der Waals surface area contributed by atoms with E-state index >= 15 is 0 Å². The lowest BCUT2D eigenvalue weighted by atomic mass is 10.1. The van der Waals surface area contributed by atoms with E-state index in [0.29, 0.717) is 0 Å². The maximum absolute atomic E-state index is 6.34. The topological polar surface area (TPSA) is 9.72 Å². The van der Waals surface area contributed by atoms with Gasteiger partial charge in [0, 0.05) is 53.1 Å². The van der Waals surface area contributed by atoms with Crippen molar-refractivity contribution in [3.8, 4) is 0 Å². The van der Waals surface area contributed by atoms with Crippen LogP contribution in [0.5, 0.6) is 0 Å². The molecule has 0 saturated carbocycles. The van der Waals surface area contributed by atoms with Crippen LogP contribution in [0.15, 0.2) is 52.3 Å². The molecular weight excluding hydrogens is 374 g/mol. The van der Waals surface area contributed by atoms with Gasteiger partial charge in [-0.25, -0.2) is 0 Å². The third-order valence-corrected chi connectivity index (χ3v) is 7.57. The largest absolute Gasteiger partial charge is 0.340 e. The van der Waals surface area contributed by atoms with Gasteiger partial charge in [0.1, 0.15) is 0 Å². The summed E-state index contributed by atoms with van der Waals surface area (Å²) >= 11 is 8.19. The molecule has 3 aliphatic rings. The lowest BCUT2D eigenvalue weighted by Crippen LogP contribution is -2.52. The van der Waals surface area contributed by atoms with Gasteiger partial charge in [0.25, 0.3) is 0 Å². The van der Waals surface area contributed by atoms with Gasteiger partial charge in [0.05, 0.1) is 11.4 Å². The summed E-state index contributed by atoms with van der Waals surface area (Å²) in [5.41, 5.74) is 2.58. The van der Waals surface area contributed by atoms with Crippen molar-refractivity contribution in [1.29, 1.82) is 0 Å². The summed E-state index contributed by atoms with van der Waals surface area (Å²) < 4.78 is 0. The molecule has 0 radical (unpaired) electrons. The number of hydrogen-bond donors (Lipinski definition) is 0. The Bertz CT molecular complexity index is 828. The van der Waals surface area contributed by atoms with E-state index in [-0.39, 0.29) is 0 Å². The van der Waals surface area contributed by atoms with Crippen molar-refractivity contribution in [3.05, 3.63) is 47.5 Å². The third-order valence-electron chi connectivity index (χ3n) is 6.20. The Morgan fingerprint density at radius 3 is 2.52 bits per heavy atom. The molecule has 0 aromatic heterocycles. The number of nitrogens with zero attached hydrogens (tertiary/aromatic N) is 3. The first-order valence-corrected chi connectivity index (χ1v) is 11.2. The first-order valence-electron chi connectivity index (χ1n) is 9.97. The Kier molecular flexibility index (Phi) is 4.85. The maximum Gasteiger partial charge on any atom is 0.0567 e. The van der Waals surface area contributed by atoms with Crippen molar-refractivity contribution >= 4 is 34.7 Å². The van der Waals surface area contributed by atoms with Crippen LogP contribution in [0.1, 0.15) is 19.3 Å². The van der Waals surface area contributed by atoms with E-state index in [9.17, 15) is 0 Å². The van der Waals surface area contributed by atoms with Crippen LogP contribution in [-0.4, -0.2) is 55.1 Å². The van der Waals surface area contributed by atoms with Crippen molar-refractivity contribution in [2.24, 2.45) is 0 Å². The molecule has 3 aliphatic heterocycles. The lowest BCUT2D eigenvalue weighted by Gasteiger charge is -2.40. The smallest absolute Gasteiger partial charge is 0.0567 e. The molecule has 0 spiro atoms. The summed E-state index contributed by atoms with van der Waals surface area (Å²) in [5, 5.41) is 0.816. The minimum absolute atomic E-state index is 0.764. The van der Waals surface area contributed by atoms with Crippen LogP contribution in [-0.2, 0) is 0 Å². The zero-order chi connectivity index (χ0) is 18.4. The Labute approximate surface area is 171 Å². The summed E-state index contributed by atoms with van der Waals surface area (Å²) in [5.74, 6) is 0. The highest BCUT2D eigenvalue weighted by molar-refractivity contribution is 7.99. The minimum Gasteiger partial charge on any atom is -0.340 e. The standard InChI is InChI=1S/C22H26ClN3S/c1-24-14-17-8-9-18(15-24)25(17)11-4-12-26-19-5-2-3-6-21(19)27-22-10-7-16(23)13-20(22)26/h2-3,5-7,10,13,17-18H,4,8-9,11-12,14-15H2,1H3. The van der Waals surface area contributed by atoms with Gasteiger partial charge in [-0.15, -0.1) is 0 Å². The van der Waals surface area contributed by atoms with Crippen LogP contribution in [0.25, 0.3) is 0 Å². The molecule has 3 nitrogen and oxygen atoms in total. The van der Waals surface area contributed by atoms with Crippen molar-refractivity contribution in [1.82, 2.24) is 9.80 Å². The van der Waals surface area contributed by atoms with Gasteiger partial charge in [0.15, 0.2) is 0 Å². The Morgan fingerprint density at radius 1 is 0.963 bits per heavy atom. The quantitative estimate of drug-likeness (QED) is 0.706. The highest BCUT2D eigenvalue weighted by Gasteiger charge is 2.38. The first kappa shape index (κ1) is 17.9. The predicted molar refractivity (Wildman–Crippen MR) is 115 cm³/mol. The van der Waals surface area contributed by atoms with E-state index in [4.69, 9.17) is 11.6 Å². The molecule has 2 fully saturated rings. The van der Waals surface area contributed by atoms with Crippen LogP contribution in [0, 0.1) is 0 Å². The second kappa shape index (κ2) is 7.32. The molecule has 0 N–H and O–H groups in total. The first-order chi connectivity index (χ1) is 13.2. The fourth-order valence-corrected chi connectivity index (χ4v) is 6.26. The van der Waals surface area contributed by atoms with E-state index in [0.717, 1.165) is 23.7 Å². The van der Waals surface area contributed by atoms with Crippen LogP contribution in [0.4, 0.5) is 11.4 Å². The van der Waals surface area contributed by atoms with Crippen molar-refractivity contribution in [2.75, 3.05) is 38.1 Å². The zero-order valence-electron chi connectivity index (χ0n) is 15.8. The number of fused-ring (bicyclic) bond motifs is 4. The SMILES string of the molecule is CN1CC2CCC(C1)N2CCCN1c2ccccc2Sc2ccc(Cl)cc21.